The molecule has 0 saturated heterocycles. The molecule has 0 N–H and O–H groups in total. The third-order valence-electron chi connectivity index (χ3n) is 2.50. The highest BCUT2D eigenvalue weighted by Gasteiger charge is 2.37. The highest BCUT2D eigenvalue weighted by molar-refractivity contribution is 5.29. The van der Waals surface area contributed by atoms with Crippen molar-refractivity contribution in [2.24, 2.45) is 5.92 Å². The van der Waals surface area contributed by atoms with Crippen molar-refractivity contribution in [3.05, 3.63) is 48.1 Å². The van der Waals surface area contributed by atoms with E-state index in [1.807, 2.05) is 0 Å². The third kappa shape index (κ3) is 1.48. The number of benzene rings is 1. The summed E-state index contributed by atoms with van der Waals surface area (Å²) in [6.45, 7) is 3.63. The maximum absolute atomic E-state index is 13.2. The Labute approximate surface area is 75.9 Å². The minimum atomic E-state index is -0.369. The zero-order chi connectivity index (χ0) is 9.42. The van der Waals surface area contributed by atoms with Crippen LogP contribution in [0.25, 0.3) is 0 Å². The van der Waals surface area contributed by atoms with E-state index in [0.717, 1.165) is 12.5 Å². The summed E-state index contributed by atoms with van der Waals surface area (Å²) >= 11 is 0. The summed E-state index contributed by atoms with van der Waals surface area (Å²) in [4.78, 5) is 0. The van der Waals surface area contributed by atoms with E-state index >= 15 is 0 Å². The Morgan fingerprint density at radius 1 is 1.38 bits per heavy atom. The Morgan fingerprint density at radius 2 is 2.15 bits per heavy atom. The topological polar surface area (TPSA) is 0 Å². The van der Waals surface area contributed by atoms with Gasteiger partial charge in [-0.15, -0.1) is 6.58 Å². The molecular formula is C11H10F2. The van der Waals surface area contributed by atoms with E-state index in [4.69, 9.17) is 0 Å². The molecule has 0 heterocycles. The summed E-state index contributed by atoms with van der Waals surface area (Å²) in [6.07, 6.45) is 2.69. The van der Waals surface area contributed by atoms with Gasteiger partial charge < -0.3 is 0 Å². The van der Waals surface area contributed by atoms with Gasteiger partial charge in [0.25, 0.3) is 0 Å². The van der Waals surface area contributed by atoms with E-state index < -0.39 is 0 Å². The quantitative estimate of drug-likeness (QED) is 0.613. The van der Waals surface area contributed by atoms with Gasteiger partial charge in [-0.05, 0) is 42.0 Å². The SMILES string of the molecule is C=C[C@H]1C[C@H]1c1cc(F)ccc1F. The van der Waals surface area contributed by atoms with Crippen LogP contribution in [-0.4, -0.2) is 0 Å². The Kier molecular flexibility index (Phi) is 1.91. The lowest BCUT2D eigenvalue weighted by Gasteiger charge is -2.00. The van der Waals surface area contributed by atoms with Gasteiger partial charge in [-0.3, -0.25) is 0 Å². The van der Waals surface area contributed by atoms with Crippen molar-refractivity contribution < 1.29 is 8.78 Å². The molecule has 0 aromatic heterocycles. The van der Waals surface area contributed by atoms with Gasteiger partial charge in [0.1, 0.15) is 11.6 Å². The molecule has 1 aliphatic rings. The number of allylic oxidation sites excluding steroid dienone is 1. The maximum Gasteiger partial charge on any atom is 0.126 e. The molecule has 2 atom stereocenters. The third-order valence-corrected chi connectivity index (χ3v) is 2.50. The second-order valence-electron chi connectivity index (χ2n) is 3.41. The van der Waals surface area contributed by atoms with Crippen molar-refractivity contribution in [3.8, 4) is 0 Å². The molecule has 1 fully saturated rings. The first-order chi connectivity index (χ1) is 6.22. The predicted octanol–water partition coefficient (Wildman–Crippen LogP) is 3.25. The molecule has 0 radical (unpaired) electrons. The van der Waals surface area contributed by atoms with Crippen LogP contribution < -0.4 is 0 Å². The lowest BCUT2D eigenvalue weighted by molar-refractivity contribution is 0.584. The predicted molar refractivity (Wildman–Crippen MR) is 47.4 cm³/mol. The van der Waals surface area contributed by atoms with E-state index in [2.05, 4.69) is 6.58 Å². The molecule has 0 unspecified atom stereocenters. The highest BCUT2D eigenvalue weighted by atomic mass is 19.1. The first kappa shape index (κ1) is 8.42. The molecule has 0 bridgehead atoms. The monoisotopic (exact) mass is 180 g/mol. The molecule has 1 aliphatic carbocycles. The summed E-state index contributed by atoms with van der Waals surface area (Å²) in [6, 6.07) is 3.61. The summed E-state index contributed by atoms with van der Waals surface area (Å²) in [5, 5.41) is 0. The minimum absolute atomic E-state index is 0.146. The average Bonchev–Trinajstić information content (AvgIpc) is 2.88. The maximum atomic E-state index is 13.2. The Hall–Kier alpha value is -1.18. The zero-order valence-corrected chi connectivity index (χ0v) is 7.13. The molecule has 0 aliphatic heterocycles. The van der Waals surface area contributed by atoms with Gasteiger partial charge in [0.15, 0.2) is 0 Å². The molecule has 13 heavy (non-hydrogen) atoms. The van der Waals surface area contributed by atoms with Gasteiger partial charge >= 0.3 is 0 Å². The van der Waals surface area contributed by atoms with Crippen molar-refractivity contribution in [3.63, 3.8) is 0 Å². The molecule has 1 saturated carbocycles. The van der Waals surface area contributed by atoms with Gasteiger partial charge in [0, 0.05) is 0 Å². The Balaban J connectivity index is 2.30. The molecule has 2 heteroatoms. The fraction of sp³-hybridized carbons (Fsp3) is 0.273. The zero-order valence-electron chi connectivity index (χ0n) is 7.13. The van der Waals surface area contributed by atoms with Crippen molar-refractivity contribution in [2.75, 3.05) is 0 Å². The van der Waals surface area contributed by atoms with Gasteiger partial charge in [0.05, 0.1) is 0 Å². The van der Waals surface area contributed by atoms with Crippen molar-refractivity contribution in [1.82, 2.24) is 0 Å². The van der Waals surface area contributed by atoms with Crippen molar-refractivity contribution >= 4 is 0 Å². The molecule has 0 amide bonds. The average molecular weight is 180 g/mol. The fourth-order valence-corrected chi connectivity index (χ4v) is 1.63. The van der Waals surface area contributed by atoms with Crippen LogP contribution in [0.4, 0.5) is 8.78 Å². The standard InChI is InChI=1S/C11H10F2/c1-2-7-5-9(7)10-6-8(12)3-4-11(10)13/h2-4,6-7,9H,1,5H2/t7-,9+/m0/s1. The van der Waals surface area contributed by atoms with Gasteiger partial charge in [0.2, 0.25) is 0 Å². The van der Waals surface area contributed by atoms with Crippen LogP contribution >= 0.6 is 0 Å². The fourth-order valence-electron chi connectivity index (χ4n) is 1.63. The summed E-state index contributed by atoms with van der Waals surface area (Å²) < 4.78 is 25.9. The number of rotatable bonds is 2. The van der Waals surface area contributed by atoms with Gasteiger partial charge in [-0.2, -0.15) is 0 Å². The summed E-state index contributed by atoms with van der Waals surface area (Å²) in [7, 11) is 0. The minimum Gasteiger partial charge on any atom is -0.207 e. The first-order valence-electron chi connectivity index (χ1n) is 4.30. The lowest BCUT2D eigenvalue weighted by atomic mass is 10.1. The van der Waals surface area contributed by atoms with Gasteiger partial charge in [-0.1, -0.05) is 6.08 Å². The highest BCUT2D eigenvalue weighted by Crippen LogP contribution is 2.48. The number of halogens is 2. The van der Waals surface area contributed by atoms with Crippen LogP contribution in [0.3, 0.4) is 0 Å². The van der Waals surface area contributed by atoms with E-state index in [0.29, 0.717) is 11.5 Å². The second kappa shape index (κ2) is 2.95. The molecule has 0 nitrogen and oxygen atoms in total. The van der Waals surface area contributed by atoms with Crippen LogP contribution in [0.5, 0.6) is 0 Å². The van der Waals surface area contributed by atoms with Crippen LogP contribution in [0.2, 0.25) is 0 Å². The summed E-state index contributed by atoms with van der Waals surface area (Å²) in [5.41, 5.74) is 0.491. The van der Waals surface area contributed by atoms with Gasteiger partial charge in [-0.25, -0.2) is 8.78 Å². The largest absolute Gasteiger partial charge is 0.207 e. The van der Waals surface area contributed by atoms with Crippen LogP contribution in [0, 0.1) is 17.6 Å². The second-order valence-corrected chi connectivity index (χ2v) is 3.41. The van der Waals surface area contributed by atoms with E-state index in [1.54, 1.807) is 6.08 Å². The normalized spacial score (nSPS) is 25.7. The van der Waals surface area contributed by atoms with E-state index in [-0.39, 0.29) is 17.6 Å². The Bertz CT molecular complexity index is 344. The lowest BCUT2D eigenvalue weighted by Crippen LogP contribution is -1.89. The van der Waals surface area contributed by atoms with Crippen LogP contribution in [-0.2, 0) is 0 Å². The molecule has 68 valence electrons. The van der Waals surface area contributed by atoms with Crippen LogP contribution in [0.15, 0.2) is 30.9 Å². The number of hydrogen-bond acceptors (Lipinski definition) is 0. The first-order valence-corrected chi connectivity index (χ1v) is 4.30. The molecule has 0 spiro atoms. The van der Waals surface area contributed by atoms with Crippen molar-refractivity contribution in [2.45, 2.75) is 12.3 Å². The molecular weight excluding hydrogens is 170 g/mol. The smallest absolute Gasteiger partial charge is 0.126 e. The molecule has 2 rings (SSSR count). The van der Waals surface area contributed by atoms with Crippen LogP contribution in [0.1, 0.15) is 17.9 Å². The molecule has 1 aromatic carbocycles. The summed E-state index contributed by atoms with van der Waals surface area (Å²) in [5.74, 6) is -0.202. The molecule has 1 aromatic rings. The van der Waals surface area contributed by atoms with E-state index in [1.165, 1.54) is 12.1 Å². The van der Waals surface area contributed by atoms with E-state index in [9.17, 15) is 8.78 Å². The Morgan fingerprint density at radius 3 is 2.77 bits per heavy atom. The van der Waals surface area contributed by atoms with Crippen molar-refractivity contribution in [1.29, 1.82) is 0 Å². The number of hydrogen-bond donors (Lipinski definition) is 0.